The summed E-state index contributed by atoms with van der Waals surface area (Å²) in [5, 5.41) is 0. The number of rotatable bonds is 41. The van der Waals surface area contributed by atoms with Crippen molar-refractivity contribution in [1.29, 1.82) is 0 Å². The third kappa shape index (κ3) is 30.8. The van der Waals surface area contributed by atoms with E-state index in [1.807, 2.05) is 6.07 Å². The van der Waals surface area contributed by atoms with Gasteiger partial charge in [0.1, 0.15) is 11.5 Å². The van der Waals surface area contributed by atoms with Gasteiger partial charge in [-0.25, -0.2) is 0 Å². The molecule has 0 aromatic heterocycles. The van der Waals surface area contributed by atoms with Gasteiger partial charge in [-0.05, 0) is 12.8 Å². The smallest absolute Gasteiger partial charge is 0.124 e. The molecular formula is C48H91NO2. The SMILES string of the molecule is CCCCCCCCCCCCCCCCCCCCN(CCCCCCCCCCCCCCCCCCCC)c1cc(OC)cc(OC)c1. The largest absolute Gasteiger partial charge is 0.497 e. The summed E-state index contributed by atoms with van der Waals surface area (Å²) >= 11 is 0. The van der Waals surface area contributed by atoms with Crippen molar-refractivity contribution in [3.05, 3.63) is 18.2 Å². The molecule has 300 valence electrons. The minimum Gasteiger partial charge on any atom is -0.497 e. The van der Waals surface area contributed by atoms with Crippen LogP contribution in [0, 0.1) is 0 Å². The molecule has 0 aliphatic rings. The van der Waals surface area contributed by atoms with Crippen molar-refractivity contribution in [3.63, 3.8) is 0 Å². The van der Waals surface area contributed by atoms with Crippen LogP contribution in [0.4, 0.5) is 5.69 Å². The Morgan fingerprint density at radius 2 is 0.529 bits per heavy atom. The number of anilines is 1. The Morgan fingerprint density at radius 3 is 0.745 bits per heavy atom. The fourth-order valence-electron chi connectivity index (χ4n) is 7.75. The Labute approximate surface area is 321 Å². The van der Waals surface area contributed by atoms with Gasteiger partial charge in [0.25, 0.3) is 0 Å². The molecule has 0 fully saturated rings. The van der Waals surface area contributed by atoms with E-state index in [0.717, 1.165) is 24.6 Å². The van der Waals surface area contributed by atoms with Crippen LogP contribution in [-0.2, 0) is 0 Å². The molecule has 0 heterocycles. The number of nitrogens with zero attached hydrogens (tertiary/aromatic N) is 1. The summed E-state index contributed by atoms with van der Waals surface area (Å²) in [6.07, 6.45) is 51.3. The van der Waals surface area contributed by atoms with Gasteiger partial charge >= 0.3 is 0 Å². The minimum atomic E-state index is 0.893. The van der Waals surface area contributed by atoms with Crippen molar-refractivity contribution in [2.75, 3.05) is 32.2 Å². The van der Waals surface area contributed by atoms with Crippen LogP contribution in [0.15, 0.2) is 18.2 Å². The summed E-state index contributed by atoms with van der Waals surface area (Å²) < 4.78 is 11.2. The predicted octanol–water partition coefficient (Wildman–Crippen LogP) is 16.6. The van der Waals surface area contributed by atoms with Gasteiger partial charge in [-0.15, -0.1) is 0 Å². The zero-order valence-corrected chi connectivity index (χ0v) is 35.4. The monoisotopic (exact) mass is 714 g/mol. The molecule has 1 rings (SSSR count). The Kier molecular flexibility index (Phi) is 35.8. The van der Waals surface area contributed by atoms with Gasteiger partial charge in [0.15, 0.2) is 0 Å². The quantitative estimate of drug-likeness (QED) is 0.0631. The molecule has 0 saturated heterocycles. The second-order valence-electron chi connectivity index (χ2n) is 16.1. The van der Waals surface area contributed by atoms with Crippen LogP contribution in [-0.4, -0.2) is 27.3 Å². The fraction of sp³-hybridized carbons (Fsp3) is 0.875. The zero-order chi connectivity index (χ0) is 36.7. The van der Waals surface area contributed by atoms with E-state index in [9.17, 15) is 0 Å². The van der Waals surface area contributed by atoms with Gasteiger partial charge in [0, 0.05) is 37.0 Å². The second kappa shape index (κ2) is 38.3. The first-order valence-electron chi connectivity index (χ1n) is 23.2. The molecule has 0 amide bonds. The summed E-state index contributed by atoms with van der Waals surface area (Å²) in [7, 11) is 3.52. The van der Waals surface area contributed by atoms with E-state index < -0.39 is 0 Å². The van der Waals surface area contributed by atoms with E-state index in [4.69, 9.17) is 9.47 Å². The van der Waals surface area contributed by atoms with Crippen LogP contribution in [0.5, 0.6) is 11.5 Å². The van der Waals surface area contributed by atoms with Crippen LogP contribution < -0.4 is 14.4 Å². The lowest BCUT2D eigenvalue weighted by atomic mass is 10.0. The molecule has 0 aliphatic heterocycles. The van der Waals surface area contributed by atoms with Gasteiger partial charge in [-0.3, -0.25) is 0 Å². The average Bonchev–Trinajstić information content (AvgIpc) is 3.15. The maximum atomic E-state index is 5.62. The third-order valence-electron chi connectivity index (χ3n) is 11.3. The fourth-order valence-corrected chi connectivity index (χ4v) is 7.75. The van der Waals surface area contributed by atoms with Crippen molar-refractivity contribution in [2.45, 2.75) is 245 Å². The highest BCUT2D eigenvalue weighted by molar-refractivity contribution is 5.55. The topological polar surface area (TPSA) is 21.7 Å². The van der Waals surface area contributed by atoms with Gasteiger partial charge in [-0.2, -0.15) is 0 Å². The number of ether oxygens (including phenoxy) is 2. The minimum absolute atomic E-state index is 0.893. The standard InChI is InChI=1S/C48H91NO2/c1-5-7-9-11-13-15-17-19-21-23-25-27-29-31-33-35-37-39-41-49(46-43-47(50-3)45-48(44-46)51-4)42-40-38-36-34-32-30-28-26-24-22-20-18-16-14-12-10-8-6-2/h43-45H,5-42H2,1-4H3. The highest BCUT2D eigenvalue weighted by Crippen LogP contribution is 2.29. The van der Waals surface area contributed by atoms with E-state index in [0.29, 0.717) is 0 Å². The predicted molar refractivity (Wildman–Crippen MR) is 229 cm³/mol. The Hall–Kier alpha value is -1.38. The van der Waals surface area contributed by atoms with Crippen molar-refractivity contribution in [1.82, 2.24) is 0 Å². The highest BCUT2D eigenvalue weighted by Gasteiger charge is 2.10. The molecule has 0 aliphatic carbocycles. The maximum Gasteiger partial charge on any atom is 0.124 e. The Morgan fingerprint density at radius 1 is 0.314 bits per heavy atom. The van der Waals surface area contributed by atoms with Gasteiger partial charge < -0.3 is 14.4 Å². The van der Waals surface area contributed by atoms with E-state index in [1.54, 1.807) is 14.2 Å². The molecule has 0 spiro atoms. The molecule has 1 aromatic carbocycles. The van der Waals surface area contributed by atoms with Gasteiger partial charge in [0.2, 0.25) is 0 Å². The molecule has 1 aromatic rings. The van der Waals surface area contributed by atoms with Crippen LogP contribution in [0.1, 0.15) is 245 Å². The highest BCUT2D eigenvalue weighted by atomic mass is 16.5. The third-order valence-corrected chi connectivity index (χ3v) is 11.3. The van der Waals surface area contributed by atoms with Crippen LogP contribution in [0.3, 0.4) is 0 Å². The molecule has 51 heavy (non-hydrogen) atoms. The zero-order valence-electron chi connectivity index (χ0n) is 35.4. The maximum absolute atomic E-state index is 5.62. The lowest BCUT2D eigenvalue weighted by Gasteiger charge is -2.26. The number of hydrogen-bond donors (Lipinski definition) is 0. The number of benzene rings is 1. The lowest BCUT2D eigenvalue weighted by molar-refractivity contribution is 0.394. The summed E-state index contributed by atoms with van der Waals surface area (Å²) in [5.41, 5.74) is 1.25. The molecule has 0 atom stereocenters. The second-order valence-corrected chi connectivity index (χ2v) is 16.1. The summed E-state index contributed by atoms with van der Waals surface area (Å²) in [5.74, 6) is 1.79. The molecule has 3 nitrogen and oxygen atoms in total. The van der Waals surface area contributed by atoms with Crippen LogP contribution in [0.2, 0.25) is 0 Å². The van der Waals surface area contributed by atoms with Crippen LogP contribution in [0.25, 0.3) is 0 Å². The van der Waals surface area contributed by atoms with Crippen molar-refractivity contribution >= 4 is 5.69 Å². The number of unbranched alkanes of at least 4 members (excludes halogenated alkanes) is 34. The number of methoxy groups -OCH3 is 2. The van der Waals surface area contributed by atoms with E-state index in [2.05, 4.69) is 30.9 Å². The van der Waals surface area contributed by atoms with E-state index in [1.165, 1.54) is 237 Å². The molecular weight excluding hydrogens is 623 g/mol. The van der Waals surface area contributed by atoms with Crippen molar-refractivity contribution < 1.29 is 9.47 Å². The first-order chi connectivity index (χ1) is 25.2. The van der Waals surface area contributed by atoms with Gasteiger partial charge in [0.05, 0.1) is 14.2 Å². The molecule has 0 saturated carbocycles. The van der Waals surface area contributed by atoms with E-state index in [-0.39, 0.29) is 0 Å². The number of hydrogen-bond acceptors (Lipinski definition) is 3. The summed E-state index contributed by atoms with van der Waals surface area (Å²) in [6, 6.07) is 6.40. The summed E-state index contributed by atoms with van der Waals surface area (Å²) in [6.45, 7) is 6.88. The molecule has 0 unspecified atom stereocenters. The lowest BCUT2D eigenvalue weighted by Crippen LogP contribution is -2.25. The summed E-state index contributed by atoms with van der Waals surface area (Å²) in [4.78, 5) is 2.60. The first kappa shape index (κ1) is 47.6. The van der Waals surface area contributed by atoms with Crippen molar-refractivity contribution in [2.24, 2.45) is 0 Å². The van der Waals surface area contributed by atoms with E-state index >= 15 is 0 Å². The van der Waals surface area contributed by atoms with Crippen molar-refractivity contribution in [3.8, 4) is 11.5 Å². The average molecular weight is 714 g/mol. The Bertz CT molecular complexity index is 763. The molecule has 0 N–H and O–H groups in total. The van der Waals surface area contributed by atoms with Gasteiger partial charge in [-0.1, -0.05) is 232 Å². The Balaban J connectivity index is 2.13. The molecule has 0 radical (unpaired) electrons. The molecule has 3 heteroatoms. The normalized spacial score (nSPS) is 11.4. The first-order valence-corrected chi connectivity index (χ1v) is 23.2. The molecule has 0 bridgehead atoms. The van der Waals surface area contributed by atoms with Crippen LogP contribution >= 0.6 is 0 Å².